The van der Waals surface area contributed by atoms with Gasteiger partial charge in [-0.3, -0.25) is 0 Å². The lowest BCUT2D eigenvalue weighted by Crippen LogP contribution is -2.02. The van der Waals surface area contributed by atoms with E-state index in [-0.39, 0.29) is 0 Å². The number of hydrogen-bond donors (Lipinski definition) is 1. The van der Waals surface area contributed by atoms with Crippen LogP contribution >= 0.6 is 0 Å². The summed E-state index contributed by atoms with van der Waals surface area (Å²) >= 11 is 0. The molecule has 0 amide bonds. The zero-order chi connectivity index (χ0) is 13.1. The van der Waals surface area contributed by atoms with E-state index < -0.39 is 0 Å². The van der Waals surface area contributed by atoms with E-state index in [1.807, 2.05) is 0 Å². The third kappa shape index (κ3) is 2.30. The minimum atomic E-state index is 0.722. The molecule has 2 aromatic rings. The monoisotopic (exact) mass is 244 g/mol. The lowest BCUT2D eigenvalue weighted by molar-refractivity contribution is 0.647. The van der Waals surface area contributed by atoms with Crippen molar-refractivity contribution in [3.05, 3.63) is 35.0 Å². The normalized spacial score (nSPS) is 11.3. The van der Waals surface area contributed by atoms with Crippen molar-refractivity contribution in [2.24, 2.45) is 5.73 Å². The van der Waals surface area contributed by atoms with Gasteiger partial charge in [0.1, 0.15) is 0 Å². The molecule has 98 valence electrons. The fourth-order valence-electron chi connectivity index (χ4n) is 2.74. The maximum Gasteiger partial charge on any atom is 0.0515 e. The minimum Gasteiger partial charge on any atom is -0.347 e. The molecule has 2 heteroatoms. The van der Waals surface area contributed by atoms with Crippen LogP contribution in [0.2, 0.25) is 0 Å². The molecule has 1 aromatic heterocycles. The summed E-state index contributed by atoms with van der Waals surface area (Å²) in [6, 6.07) is 4.45. The minimum absolute atomic E-state index is 0.722. The number of fused-ring (bicyclic) bond motifs is 1. The van der Waals surface area contributed by atoms with Gasteiger partial charge in [-0.2, -0.15) is 0 Å². The summed E-state index contributed by atoms with van der Waals surface area (Å²) in [6.07, 6.45) is 5.75. The molecule has 2 N–H and O–H groups in total. The number of hydrogen-bond acceptors (Lipinski definition) is 1. The van der Waals surface area contributed by atoms with E-state index in [1.54, 1.807) is 0 Å². The number of nitrogens with two attached hydrogens (primary N) is 1. The molecule has 1 aromatic carbocycles. The topological polar surface area (TPSA) is 30.9 Å². The maximum atomic E-state index is 5.74. The molecule has 0 saturated carbocycles. The van der Waals surface area contributed by atoms with Gasteiger partial charge < -0.3 is 10.3 Å². The Morgan fingerprint density at radius 2 is 1.89 bits per heavy atom. The van der Waals surface area contributed by atoms with Crippen LogP contribution in [0.4, 0.5) is 0 Å². The van der Waals surface area contributed by atoms with Crippen LogP contribution in [0.1, 0.15) is 36.5 Å². The fraction of sp³-hybridized carbons (Fsp3) is 0.500. The van der Waals surface area contributed by atoms with Gasteiger partial charge >= 0.3 is 0 Å². The number of benzene rings is 1. The average molecular weight is 244 g/mol. The average Bonchev–Trinajstić information content (AvgIpc) is 2.72. The van der Waals surface area contributed by atoms with Crippen molar-refractivity contribution in [3.8, 4) is 0 Å². The predicted molar refractivity (Wildman–Crippen MR) is 79.1 cm³/mol. The SMILES string of the molecule is CCCCn1cc(CCN)c2c(C)ccc(C)c21. The Morgan fingerprint density at radius 3 is 2.56 bits per heavy atom. The van der Waals surface area contributed by atoms with Crippen molar-refractivity contribution in [1.29, 1.82) is 0 Å². The molecule has 0 unspecified atom stereocenters. The van der Waals surface area contributed by atoms with Crippen LogP contribution < -0.4 is 5.73 Å². The van der Waals surface area contributed by atoms with Crippen molar-refractivity contribution >= 4 is 10.9 Å². The molecule has 0 aliphatic rings. The first-order chi connectivity index (χ1) is 8.69. The second-order valence-electron chi connectivity index (χ2n) is 5.16. The van der Waals surface area contributed by atoms with Crippen LogP contribution in [0.3, 0.4) is 0 Å². The van der Waals surface area contributed by atoms with Gasteiger partial charge in [0.2, 0.25) is 0 Å². The van der Waals surface area contributed by atoms with Gasteiger partial charge in [-0.05, 0) is 49.9 Å². The number of nitrogens with zero attached hydrogens (tertiary/aromatic N) is 1. The van der Waals surface area contributed by atoms with E-state index >= 15 is 0 Å². The summed E-state index contributed by atoms with van der Waals surface area (Å²) in [5.41, 5.74) is 11.3. The van der Waals surface area contributed by atoms with Crippen LogP contribution in [-0.4, -0.2) is 11.1 Å². The number of aromatic nitrogens is 1. The van der Waals surface area contributed by atoms with Crippen molar-refractivity contribution in [1.82, 2.24) is 4.57 Å². The number of aryl methyl sites for hydroxylation is 3. The molecule has 1 heterocycles. The van der Waals surface area contributed by atoms with Crippen molar-refractivity contribution in [2.75, 3.05) is 6.54 Å². The van der Waals surface area contributed by atoms with Crippen LogP contribution in [0.25, 0.3) is 10.9 Å². The molecular weight excluding hydrogens is 220 g/mol. The lowest BCUT2D eigenvalue weighted by Gasteiger charge is -2.08. The van der Waals surface area contributed by atoms with Gasteiger partial charge in [-0.25, -0.2) is 0 Å². The molecule has 2 rings (SSSR count). The second-order valence-corrected chi connectivity index (χ2v) is 5.16. The molecule has 0 fully saturated rings. The van der Waals surface area contributed by atoms with Crippen molar-refractivity contribution in [3.63, 3.8) is 0 Å². The molecular formula is C16H24N2. The van der Waals surface area contributed by atoms with Gasteiger partial charge in [0, 0.05) is 18.1 Å². The third-order valence-electron chi connectivity index (χ3n) is 3.67. The second kappa shape index (κ2) is 5.57. The lowest BCUT2D eigenvalue weighted by atomic mass is 10.0. The zero-order valence-electron chi connectivity index (χ0n) is 11.8. The van der Waals surface area contributed by atoms with Gasteiger partial charge in [-0.15, -0.1) is 0 Å². The molecule has 0 aliphatic heterocycles. The first-order valence-electron chi connectivity index (χ1n) is 6.97. The number of rotatable bonds is 5. The van der Waals surface area contributed by atoms with E-state index in [1.165, 1.54) is 40.4 Å². The van der Waals surface area contributed by atoms with Crippen molar-refractivity contribution in [2.45, 2.75) is 46.6 Å². The van der Waals surface area contributed by atoms with E-state index in [4.69, 9.17) is 5.73 Å². The van der Waals surface area contributed by atoms with Crippen LogP contribution in [0, 0.1) is 13.8 Å². The molecule has 0 radical (unpaired) electrons. The number of unbranched alkanes of at least 4 members (excludes halogenated alkanes) is 1. The predicted octanol–water partition coefficient (Wildman–Crippen LogP) is 3.56. The third-order valence-corrected chi connectivity index (χ3v) is 3.67. The summed E-state index contributed by atoms with van der Waals surface area (Å²) in [4.78, 5) is 0. The molecule has 2 nitrogen and oxygen atoms in total. The highest BCUT2D eigenvalue weighted by molar-refractivity contribution is 5.89. The van der Waals surface area contributed by atoms with E-state index in [2.05, 4.69) is 43.7 Å². The highest BCUT2D eigenvalue weighted by atomic mass is 15.0. The Hall–Kier alpha value is -1.28. The first kappa shape index (κ1) is 13.2. The van der Waals surface area contributed by atoms with Crippen molar-refractivity contribution < 1.29 is 0 Å². The molecule has 0 bridgehead atoms. The summed E-state index contributed by atoms with van der Waals surface area (Å²) in [5.74, 6) is 0. The quantitative estimate of drug-likeness (QED) is 0.856. The zero-order valence-corrected chi connectivity index (χ0v) is 11.8. The largest absolute Gasteiger partial charge is 0.347 e. The van der Waals surface area contributed by atoms with E-state index in [0.29, 0.717) is 0 Å². The van der Waals surface area contributed by atoms with E-state index in [9.17, 15) is 0 Å². The van der Waals surface area contributed by atoms with Crippen LogP contribution in [-0.2, 0) is 13.0 Å². The highest BCUT2D eigenvalue weighted by Crippen LogP contribution is 2.28. The summed E-state index contributed by atoms with van der Waals surface area (Å²) in [7, 11) is 0. The molecule has 0 aliphatic carbocycles. The molecule has 0 spiro atoms. The Morgan fingerprint density at radius 1 is 1.17 bits per heavy atom. The maximum absolute atomic E-state index is 5.74. The highest BCUT2D eigenvalue weighted by Gasteiger charge is 2.11. The smallest absolute Gasteiger partial charge is 0.0515 e. The summed E-state index contributed by atoms with van der Waals surface area (Å²) < 4.78 is 2.42. The Balaban J connectivity index is 2.60. The van der Waals surface area contributed by atoms with Crippen LogP contribution in [0.5, 0.6) is 0 Å². The Kier molecular flexibility index (Phi) is 4.07. The first-order valence-corrected chi connectivity index (χ1v) is 6.97. The Bertz CT molecular complexity index is 538. The van der Waals surface area contributed by atoms with Gasteiger partial charge in [-0.1, -0.05) is 25.5 Å². The van der Waals surface area contributed by atoms with Gasteiger partial charge in [0.15, 0.2) is 0 Å². The van der Waals surface area contributed by atoms with Gasteiger partial charge in [0.05, 0.1) is 5.52 Å². The van der Waals surface area contributed by atoms with Crippen LogP contribution in [0.15, 0.2) is 18.3 Å². The molecule has 0 atom stereocenters. The fourth-order valence-corrected chi connectivity index (χ4v) is 2.74. The van der Waals surface area contributed by atoms with E-state index in [0.717, 1.165) is 19.5 Å². The Labute approximate surface area is 110 Å². The summed E-state index contributed by atoms with van der Waals surface area (Å²) in [6.45, 7) is 8.48. The summed E-state index contributed by atoms with van der Waals surface area (Å²) in [5, 5.41) is 1.43. The molecule has 0 saturated heterocycles. The molecule has 18 heavy (non-hydrogen) atoms. The van der Waals surface area contributed by atoms with Gasteiger partial charge in [0.25, 0.3) is 0 Å². The standard InChI is InChI=1S/C16H24N2/c1-4-5-10-18-11-14(8-9-17)15-12(2)6-7-13(3)16(15)18/h6-7,11H,4-5,8-10,17H2,1-3H3.